The van der Waals surface area contributed by atoms with Crippen molar-refractivity contribution in [2.24, 2.45) is 0 Å². The molecule has 1 atom stereocenters. The van der Waals surface area contributed by atoms with Gasteiger partial charge in [0.1, 0.15) is 5.82 Å². The van der Waals surface area contributed by atoms with Crippen molar-refractivity contribution in [1.82, 2.24) is 9.97 Å². The van der Waals surface area contributed by atoms with Crippen LogP contribution in [-0.4, -0.2) is 34.3 Å². The zero-order valence-corrected chi connectivity index (χ0v) is 11.2. The molecule has 0 unspecified atom stereocenters. The number of hydrogen-bond donors (Lipinski definition) is 1. The maximum Gasteiger partial charge on any atom is 0.154 e. The molecule has 0 aliphatic carbocycles. The molecule has 102 valence electrons. The van der Waals surface area contributed by atoms with Crippen molar-refractivity contribution in [3.05, 3.63) is 54.0 Å². The molecule has 0 radical (unpaired) electrons. The highest BCUT2D eigenvalue weighted by Crippen LogP contribution is 2.18. The van der Waals surface area contributed by atoms with Crippen LogP contribution < -0.4 is 4.90 Å². The van der Waals surface area contributed by atoms with Crippen molar-refractivity contribution in [3.63, 3.8) is 0 Å². The molecule has 1 fully saturated rings. The fourth-order valence-corrected chi connectivity index (χ4v) is 2.31. The van der Waals surface area contributed by atoms with Crippen LogP contribution in [0.5, 0.6) is 0 Å². The first kappa shape index (κ1) is 12.8. The van der Waals surface area contributed by atoms with Crippen LogP contribution in [0, 0.1) is 0 Å². The molecule has 1 N–H and O–H groups in total. The fourth-order valence-electron chi connectivity index (χ4n) is 2.31. The van der Waals surface area contributed by atoms with Crippen LogP contribution in [-0.2, 0) is 0 Å². The lowest BCUT2D eigenvalue weighted by Gasteiger charge is -2.16. The summed E-state index contributed by atoms with van der Waals surface area (Å²) in [6, 6.07) is 12.0. The second kappa shape index (κ2) is 5.84. The van der Waals surface area contributed by atoms with Crippen molar-refractivity contribution < 1.29 is 5.11 Å². The third-order valence-electron chi connectivity index (χ3n) is 3.37. The van der Waals surface area contributed by atoms with E-state index < -0.39 is 0 Å². The van der Waals surface area contributed by atoms with Crippen molar-refractivity contribution in [1.29, 1.82) is 0 Å². The molecule has 2 heterocycles. The zero-order chi connectivity index (χ0) is 13.8. The maximum absolute atomic E-state index is 9.58. The van der Waals surface area contributed by atoms with E-state index in [2.05, 4.69) is 14.9 Å². The van der Waals surface area contributed by atoms with Crippen LogP contribution in [0.3, 0.4) is 0 Å². The van der Waals surface area contributed by atoms with Crippen molar-refractivity contribution in [2.75, 3.05) is 18.0 Å². The highest BCUT2D eigenvalue weighted by atomic mass is 16.3. The van der Waals surface area contributed by atoms with Gasteiger partial charge in [0.15, 0.2) is 5.82 Å². The van der Waals surface area contributed by atoms with E-state index >= 15 is 0 Å². The van der Waals surface area contributed by atoms with E-state index in [1.165, 1.54) is 0 Å². The third kappa shape index (κ3) is 3.03. The second-order valence-electron chi connectivity index (χ2n) is 4.91. The summed E-state index contributed by atoms with van der Waals surface area (Å²) in [5.41, 5.74) is 1.12. The Morgan fingerprint density at radius 3 is 2.75 bits per heavy atom. The maximum atomic E-state index is 9.58. The number of rotatable bonds is 3. The normalized spacial score (nSPS) is 18.9. The second-order valence-corrected chi connectivity index (χ2v) is 4.91. The van der Waals surface area contributed by atoms with Crippen LogP contribution in [0.15, 0.2) is 42.6 Å². The number of anilines is 1. The molecule has 4 heteroatoms. The van der Waals surface area contributed by atoms with Crippen LogP contribution in [0.25, 0.3) is 12.2 Å². The molecule has 20 heavy (non-hydrogen) atoms. The zero-order valence-electron chi connectivity index (χ0n) is 11.2. The molecule has 1 aromatic heterocycles. The monoisotopic (exact) mass is 267 g/mol. The van der Waals surface area contributed by atoms with Gasteiger partial charge in [0.05, 0.1) is 6.10 Å². The molecule has 1 aliphatic heterocycles. The average Bonchev–Trinajstić information content (AvgIpc) is 2.93. The van der Waals surface area contributed by atoms with Gasteiger partial charge in [0, 0.05) is 19.3 Å². The van der Waals surface area contributed by atoms with Gasteiger partial charge < -0.3 is 10.0 Å². The number of benzene rings is 1. The van der Waals surface area contributed by atoms with E-state index in [-0.39, 0.29) is 6.10 Å². The van der Waals surface area contributed by atoms with E-state index in [0.29, 0.717) is 12.4 Å². The van der Waals surface area contributed by atoms with Gasteiger partial charge in [-0.15, -0.1) is 0 Å². The molecule has 0 bridgehead atoms. The highest BCUT2D eigenvalue weighted by Gasteiger charge is 2.21. The van der Waals surface area contributed by atoms with Crippen molar-refractivity contribution in [3.8, 4) is 0 Å². The quantitative estimate of drug-likeness (QED) is 0.926. The van der Waals surface area contributed by atoms with Gasteiger partial charge >= 0.3 is 0 Å². The molecule has 0 amide bonds. The van der Waals surface area contributed by atoms with Crippen LogP contribution in [0.4, 0.5) is 5.82 Å². The Labute approximate surface area is 118 Å². The molecule has 1 aromatic carbocycles. The van der Waals surface area contributed by atoms with Crippen LogP contribution >= 0.6 is 0 Å². The Balaban J connectivity index is 1.76. The lowest BCUT2D eigenvalue weighted by Crippen LogP contribution is -2.22. The molecule has 2 aromatic rings. The van der Waals surface area contributed by atoms with Crippen LogP contribution in [0.1, 0.15) is 17.8 Å². The summed E-state index contributed by atoms with van der Waals surface area (Å²) in [7, 11) is 0. The molecule has 0 spiro atoms. The van der Waals surface area contributed by atoms with E-state index in [0.717, 1.165) is 24.3 Å². The Kier molecular flexibility index (Phi) is 3.74. The van der Waals surface area contributed by atoms with Gasteiger partial charge in [-0.3, -0.25) is 0 Å². The SMILES string of the molecule is O[C@@H]1CCN(c2ccnc(/C=C/c3ccccc3)n2)C1. The summed E-state index contributed by atoms with van der Waals surface area (Å²) in [6.45, 7) is 1.50. The van der Waals surface area contributed by atoms with E-state index in [1.54, 1.807) is 6.20 Å². The first-order chi connectivity index (χ1) is 9.81. The van der Waals surface area contributed by atoms with Gasteiger partial charge in [-0.1, -0.05) is 36.4 Å². The summed E-state index contributed by atoms with van der Waals surface area (Å²) in [5.74, 6) is 1.57. The van der Waals surface area contributed by atoms with E-state index in [4.69, 9.17) is 0 Å². The largest absolute Gasteiger partial charge is 0.391 e. The first-order valence-electron chi connectivity index (χ1n) is 6.80. The Hall–Kier alpha value is -2.20. The van der Waals surface area contributed by atoms with Gasteiger partial charge in [-0.2, -0.15) is 0 Å². The molecule has 3 rings (SSSR count). The molecule has 0 saturated carbocycles. The highest BCUT2D eigenvalue weighted by molar-refractivity contribution is 5.66. The lowest BCUT2D eigenvalue weighted by molar-refractivity contribution is 0.198. The average molecular weight is 267 g/mol. The standard InChI is InChI=1S/C16H17N3O/c20-14-9-11-19(12-14)16-8-10-17-15(18-16)7-6-13-4-2-1-3-5-13/h1-8,10,14,20H,9,11-12H2/b7-6+/t14-/m1/s1. The molecular weight excluding hydrogens is 250 g/mol. The molecule has 4 nitrogen and oxygen atoms in total. The minimum Gasteiger partial charge on any atom is -0.391 e. The minimum absolute atomic E-state index is 0.242. The summed E-state index contributed by atoms with van der Waals surface area (Å²) >= 11 is 0. The molecule has 1 aliphatic rings. The fraction of sp³-hybridized carbons (Fsp3) is 0.250. The number of β-amino-alcohol motifs (C(OH)–C–C–N with tert-alkyl or cyclic N) is 1. The van der Waals surface area contributed by atoms with Gasteiger partial charge in [0.25, 0.3) is 0 Å². The number of aromatic nitrogens is 2. The summed E-state index contributed by atoms with van der Waals surface area (Å²) in [6.07, 6.45) is 6.23. The minimum atomic E-state index is -0.242. The summed E-state index contributed by atoms with van der Waals surface area (Å²) in [4.78, 5) is 10.9. The topological polar surface area (TPSA) is 49.2 Å². The van der Waals surface area contributed by atoms with Gasteiger partial charge in [-0.25, -0.2) is 9.97 Å². The Morgan fingerprint density at radius 1 is 1.15 bits per heavy atom. The first-order valence-corrected chi connectivity index (χ1v) is 6.80. The molecule has 1 saturated heterocycles. The number of nitrogens with zero attached hydrogens (tertiary/aromatic N) is 3. The Morgan fingerprint density at radius 2 is 2.00 bits per heavy atom. The summed E-state index contributed by atoms with van der Waals surface area (Å²) in [5, 5.41) is 9.58. The molecular formula is C16H17N3O. The van der Waals surface area contributed by atoms with Crippen molar-refractivity contribution >= 4 is 18.0 Å². The predicted molar refractivity (Wildman–Crippen MR) is 80.2 cm³/mol. The number of aliphatic hydroxyl groups is 1. The van der Waals surface area contributed by atoms with Gasteiger partial charge in [0.2, 0.25) is 0 Å². The predicted octanol–water partition coefficient (Wildman–Crippen LogP) is 2.22. The Bertz CT molecular complexity index is 598. The third-order valence-corrected chi connectivity index (χ3v) is 3.37. The number of aliphatic hydroxyl groups excluding tert-OH is 1. The van der Waals surface area contributed by atoms with E-state index in [9.17, 15) is 5.11 Å². The number of hydrogen-bond acceptors (Lipinski definition) is 4. The van der Waals surface area contributed by atoms with Crippen molar-refractivity contribution in [2.45, 2.75) is 12.5 Å². The van der Waals surface area contributed by atoms with Crippen LogP contribution in [0.2, 0.25) is 0 Å². The van der Waals surface area contributed by atoms with E-state index in [1.807, 2.05) is 48.6 Å². The smallest absolute Gasteiger partial charge is 0.154 e. The summed E-state index contributed by atoms with van der Waals surface area (Å²) < 4.78 is 0. The lowest BCUT2D eigenvalue weighted by atomic mass is 10.2. The van der Waals surface area contributed by atoms with Gasteiger partial charge in [-0.05, 0) is 24.1 Å².